The lowest BCUT2D eigenvalue weighted by molar-refractivity contribution is -0.144. The van der Waals surface area contributed by atoms with E-state index in [0.717, 1.165) is 16.8 Å². The molecule has 0 saturated carbocycles. The topological polar surface area (TPSA) is 80.0 Å². The minimum Gasteiger partial charge on any atom is -0.491 e. The second-order valence-electron chi connectivity index (χ2n) is 4.82. The van der Waals surface area contributed by atoms with Crippen LogP contribution in [0.4, 0.5) is 0 Å². The van der Waals surface area contributed by atoms with E-state index in [2.05, 4.69) is 0 Å². The van der Waals surface area contributed by atoms with Gasteiger partial charge in [0.05, 0.1) is 6.10 Å². The molecule has 0 saturated heterocycles. The summed E-state index contributed by atoms with van der Waals surface area (Å²) < 4.78 is 22.4. The Hall–Kier alpha value is -1.28. The van der Waals surface area contributed by atoms with Gasteiger partial charge in [-0.1, -0.05) is 12.1 Å². The first-order valence-corrected chi connectivity index (χ1v) is 6.59. The van der Waals surface area contributed by atoms with Crippen molar-refractivity contribution in [3.05, 3.63) is 23.8 Å². The summed E-state index contributed by atoms with van der Waals surface area (Å²) in [5.41, 5.74) is 7.62. The van der Waals surface area contributed by atoms with Gasteiger partial charge >= 0.3 is 13.1 Å². The van der Waals surface area contributed by atoms with Gasteiger partial charge in [0.25, 0.3) is 0 Å². The molecule has 0 radical (unpaired) electrons. The monoisotopic (exact) mass is 313 g/mol. The normalized spacial score (nSPS) is 22.7. The van der Waals surface area contributed by atoms with Crippen LogP contribution >= 0.6 is 12.4 Å². The quantitative estimate of drug-likeness (QED) is 0.633. The van der Waals surface area contributed by atoms with Crippen molar-refractivity contribution in [2.75, 3.05) is 19.8 Å². The molecule has 1 unspecified atom stereocenters. The molecule has 114 valence electrons. The number of nitrogens with two attached hydrogens (primary N) is 1. The van der Waals surface area contributed by atoms with Crippen molar-refractivity contribution in [2.24, 2.45) is 5.73 Å². The first kappa shape index (κ1) is 16.1. The van der Waals surface area contributed by atoms with Crippen LogP contribution in [0.25, 0.3) is 0 Å². The van der Waals surface area contributed by atoms with Crippen LogP contribution in [-0.4, -0.2) is 39.0 Å². The zero-order valence-corrected chi connectivity index (χ0v) is 12.4. The molecular formula is C13H17BClNO5. The first-order chi connectivity index (χ1) is 9.69. The number of carbonyl (C=O) groups excluding carboxylic acids is 1. The molecule has 2 aliphatic rings. The lowest BCUT2D eigenvalue weighted by Crippen LogP contribution is -2.37. The molecule has 3 rings (SSSR count). The Bertz CT molecular complexity index is 529. The number of hydrogen-bond acceptors (Lipinski definition) is 6. The van der Waals surface area contributed by atoms with Gasteiger partial charge in [0.1, 0.15) is 25.1 Å². The van der Waals surface area contributed by atoms with E-state index in [1.54, 1.807) is 0 Å². The highest BCUT2D eigenvalue weighted by atomic mass is 35.5. The number of ether oxygens (including phenoxy) is 2. The lowest BCUT2D eigenvalue weighted by Gasteiger charge is -2.18. The number of esters is 1. The Labute approximate surface area is 129 Å². The molecule has 8 heteroatoms. The van der Waals surface area contributed by atoms with Crippen molar-refractivity contribution in [2.45, 2.75) is 19.1 Å². The van der Waals surface area contributed by atoms with Gasteiger partial charge in [0.2, 0.25) is 0 Å². The molecule has 0 amide bonds. The Balaban J connectivity index is 0.00000161. The fourth-order valence-corrected chi connectivity index (χ4v) is 2.49. The van der Waals surface area contributed by atoms with Crippen molar-refractivity contribution in [1.29, 1.82) is 0 Å². The molecule has 21 heavy (non-hydrogen) atoms. The Morgan fingerprint density at radius 3 is 3.00 bits per heavy atom. The molecule has 0 fully saturated rings. The summed E-state index contributed by atoms with van der Waals surface area (Å²) in [5, 5.41) is 0. The molecule has 0 bridgehead atoms. The maximum Gasteiger partial charge on any atom is 0.499 e. The fourth-order valence-electron chi connectivity index (χ4n) is 2.49. The number of benzene rings is 1. The smallest absolute Gasteiger partial charge is 0.491 e. The Kier molecular flexibility index (Phi) is 5.11. The number of hydrogen-bond donors (Lipinski definition) is 1. The van der Waals surface area contributed by atoms with Gasteiger partial charge in [-0.05, 0) is 11.6 Å². The average Bonchev–Trinajstić information content (AvgIpc) is 2.69. The largest absolute Gasteiger partial charge is 0.499 e. The van der Waals surface area contributed by atoms with Crippen molar-refractivity contribution in [3.63, 3.8) is 0 Å². The van der Waals surface area contributed by atoms with E-state index in [-0.39, 0.29) is 37.2 Å². The van der Waals surface area contributed by atoms with Crippen LogP contribution in [0.1, 0.15) is 18.6 Å². The third kappa shape index (κ3) is 3.16. The molecule has 2 aliphatic heterocycles. The molecule has 6 nitrogen and oxygen atoms in total. The minimum absolute atomic E-state index is 0. The zero-order chi connectivity index (χ0) is 14.1. The molecule has 2 N–H and O–H groups in total. The van der Waals surface area contributed by atoms with E-state index >= 15 is 0 Å². The summed E-state index contributed by atoms with van der Waals surface area (Å²) in [6, 6.07) is 5.76. The molecular weight excluding hydrogens is 296 g/mol. The van der Waals surface area contributed by atoms with Crippen LogP contribution < -0.4 is 15.9 Å². The Morgan fingerprint density at radius 2 is 2.29 bits per heavy atom. The van der Waals surface area contributed by atoms with Crippen LogP contribution in [0.3, 0.4) is 0 Å². The van der Waals surface area contributed by atoms with E-state index in [1.165, 1.54) is 6.92 Å². The Morgan fingerprint density at radius 1 is 1.48 bits per heavy atom. The van der Waals surface area contributed by atoms with Gasteiger partial charge in [0.15, 0.2) is 0 Å². The predicted octanol–water partition coefficient (Wildman–Crippen LogP) is 0.174. The maximum absolute atomic E-state index is 10.9. The third-order valence-corrected chi connectivity index (χ3v) is 3.40. The summed E-state index contributed by atoms with van der Waals surface area (Å²) in [4.78, 5) is 10.9. The average molecular weight is 314 g/mol. The maximum atomic E-state index is 10.9. The molecule has 0 aliphatic carbocycles. The third-order valence-electron chi connectivity index (χ3n) is 3.40. The predicted molar refractivity (Wildman–Crippen MR) is 79.0 cm³/mol. The van der Waals surface area contributed by atoms with Gasteiger partial charge < -0.3 is 24.5 Å². The second kappa shape index (κ2) is 6.66. The summed E-state index contributed by atoms with van der Waals surface area (Å²) >= 11 is 0. The standard InChI is InChI=1S/C13H16BNO5.ClH/c1-8(16)17-6-9-7-18-11-4-2-3-10-12(5-15)20-14(19-9)13(10)11;/h2-4,9,12H,5-7,15H2,1H3;1H/t9-,12?;/m1./s1. The van der Waals surface area contributed by atoms with Crippen molar-refractivity contribution < 1.29 is 23.6 Å². The van der Waals surface area contributed by atoms with E-state index in [0.29, 0.717) is 13.2 Å². The van der Waals surface area contributed by atoms with Gasteiger partial charge in [-0.2, -0.15) is 0 Å². The van der Waals surface area contributed by atoms with E-state index < -0.39 is 7.12 Å². The van der Waals surface area contributed by atoms with E-state index in [1.807, 2.05) is 18.2 Å². The molecule has 2 heterocycles. The van der Waals surface area contributed by atoms with Crippen LogP contribution in [0, 0.1) is 0 Å². The van der Waals surface area contributed by atoms with Gasteiger partial charge in [-0.25, -0.2) is 0 Å². The molecule has 1 aromatic rings. The van der Waals surface area contributed by atoms with Crippen LogP contribution in [-0.2, 0) is 18.8 Å². The first-order valence-electron chi connectivity index (χ1n) is 6.59. The summed E-state index contributed by atoms with van der Waals surface area (Å²) in [6.07, 6.45) is -0.549. The minimum atomic E-state index is -0.516. The molecule has 0 spiro atoms. The van der Waals surface area contributed by atoms with Crippen LogP contribution in [0.15, 0.2) is 18.2 Å². The summed E-state index contributed by atoms with van der Waals surface area (Å²) in [7, 11) is -0.516. The van der Waals surface area contributed by atoms with Gasteiger partial charge in [-0.15, -0.1) is 12.4 Å². The van der Waals surface area contributed by atoms with Gasteiger partial charge in [0, 0.05) is 18.9 Å². The van der Waals surface area contributed by atoms with Crippen molar-refractivity contribution in [1.82, 2.24) is 0 Å². The van der Waals surface area contributed by atoms with Crippen molar-refractivity contribution >= 4 is 31.0 Å². The highest BCUT2D eigenvalue weighted by Gasteiger charge is 2.43. The summed E-state index contributed by atoms with van der Waals surface area (Å²) in [6.45, 7) is 2.20. The van der Waals surface area contributed by atoms with Crippen LogP contribution in [0.2, 0.25) is 0 Å². The lowest BCUT2D eigenvalue weighted by atomic mass is 9.77. The number of rotatable bonds is 3. The van der Waals surface area contributed by atoms with E-state index in [4.69, 9.17) is 24.5 Å². The molecule has 1 aromatic carbocycles. The van der Waals surface area contributed by atoms with Gasteiger partial charge in [-0.3, -0.25) is 4.79 Å². The second-order valence-corrected chi connectivity index (χ2v) is 4.82. The fraction of sp³-hybridized carbons (Fsp3) is 0.462. The highest BCUT2D eigenvalue weighted by molar-refractivity contribution is 6.64. The highest BCUT2D eigenvalue weighted by Crippen LogP contribution is 2.30. The molecule has 2 atom stereocenters. The SMILES string of the molecule is CC(=O)OC[C@@H]1COc2cccc3c2B(OC3CN)O1.Cl. The van der Waals surface area contributed by atoms with E-state index in [9.17, 15) is 4.79 Å². The number of carbonyl (C=O) groups is 1. The molecule has 0 aromatic heterocycles. The van der Waals surface area contributed by atoms with Crippen molar-refractivity contribution in [3.8, 4) is 5.75 Å². The zero-order valence-electron chi connectivity index (χ0n) is 11.6. The summed E-state index contributed by atoms with van der Waals surface area (Å²) in [5.74, 6) is 0.400. The number of halogens is 1. The van der Waals surface area contributed by atoms with Crippen LogP contribution in [0.5, 0.6) is 5.75 Å².